The van der Waals surface area contributed by atoms with Gasteiger partial charge in [-0.3, -0.25) is 14.9 Å². The first-order chi connectivity index (χ1) is 10.8. The molecular weight excluding hydrogens is 492 g/mol. The Hall–Kier alpha value is -1.82. The van der Waals surface area contributed by atoms with Crippen LogP contribution in [0.1, 0.15) is 12.8 Å². The third-order valence-electron chi connectivity index (χ3n) is 3.46. The maximum absolute atomic E-state index is 13.9. The third kappa shape index (κ3) is 4.60. The minimum absolute atomic E-state index is 0. The van der Waals surface area contributed by atoms with Crippen LogP contribution in [0.2, 0.25) is 0 Å². The van der Waals surface area contributed by atoms with Gasteiger partial charge in [0.1, 0.15) is 5.91 Å². The SMILES string of the molecule is CN(C)C1=CC=C(C(=O)NC2CCC(=O)NC2=O)[C-]=C(F)C1F.[W]. The Kier molecular flexibility index (Phi) is 7.02. The first kappa shape index (κ1) is 20.2. The molecule has 0 saturated carbocycles. The Balaban J connectivity index is 0.00000288. The molecule has 1 aliphatic carbocycles. The number of alkyl halides is 1. The number of nitrogens with zero attached hydrogens (tertiary/aromatic N) is 1. The fourth-order valence-corrected chi connectivity index (χ4v) is 2.19. The molecule has 0 aromatic heterocycles. The van der Waals surface area contributed by atoms with Crippen LogP contribution in [0.4, 0.5) is 8.78 Å². The molecule has 0 aromatic carbocycles. The molecule has 3 amide bonds. The summed E-state index contributed by atoms with van der Waals surface area (Å²) in [6.07, 6.45) is 2.83. The second-order valence-corrected chi connectivity index (χ2v) is 5.38. The number of piperidine rings is 1. The van der Waals surface area contributed by atoms with E-state index in [1.54, 1.807) is 14.1 Å². The first-order valence-corrected chi connectivity index (χ1v) is 6.96. The van der Waals surface area contributed by atoms with E-state index in [2.05, 4.69) is 16.7 Å². The molecule has 1 fully saturated rings. The van der Waals surface area contributed by atoms with Gasteiger partial charge in [-0.1, -0.05) is 6.08 Å². The molecule has 2 unspecified atom stereocenters. The van der Waals surface area contributed by atoms with Crippen LogP contribution >= 0.6 is 0 Å². The van der Waals surface area contributed by atoms with E-state index >= 15 is 0 Å². The van der Waals surface area contributed by atoms with Crippen LogP contribution in [-0.4, -0.2) is 48.9 Å². The number of allylic oxidation sites excluding steroid dienone is 3. The zero-order valence-electron chi connectivity index (χ0n) is 13.1. The average molecular weight is 508 g/mol. The molecule has 0 bridgehead atoms. The van der Waals surface area contributed by atoms with E-state index in [0.717, 1.165) is 0 Å². The van der Waals surface area contributed by atoms with E-state index in [4.69, 9.17) is 0 Å². The predicted molar refractivity (Wildman–Crippen MR) is 76.9 cm³/mol. The zero-order chi connectivity index (χ0) is 17.1. The number of rotatable bonds is 3. The molecule has 24 heavy (non-hydrogen) atoms. The first-order valence-electron chi connectivity index (χ1n) is 6.96. The minimum atomic E-state index is -2.01. The number of hydrogen-bond acceptors (Lipinski definition) is 4. The third-order valence-corrected chi connectivity index (χ3v) is 3.46. The van der Waals surface area contributed by atoms with Gasteiger partial charge < -0.3 is 15.0 Å². The topological polar surface area (TPSA) is 78.5 Å². The van der Waals surface area contributed by atoms with E-state index in [1.807, 2.05) is 0 Å². The summed E-state index contributed by atoms with van der Waals surface area (Å²) in [4.78, 5) is 36.2. The normalized spacial score (nSPS) is 23.8. The average Bonchev–Trinajstić information content (AvgIpc) is 2.62. The van der Waals surface area contributed by atoms with E-state index in [1.165, 1.54) is 17.1 Å². The van der Waals surface area contributed by atoms with Gasteiger partial charge in [-0.05, 0) is 6.42 Å². The summed E-state index contributed by atoms with van der Waals surface area (Å²) in [6, 6.07) is -0.896. The molecule has 0 spiro atoms. The maximum Gasteiger partial charge on any atom is 0.248 e. The van der Waals surface area contributed by atoms with Gasteiger partial charge in [0.25, 0.3) is 0 Å². The second-order valence-electron chi connectivity index (χ2n) is 5.38. The van der Waals surface area contributed by atoms with Crippen molar-refractivity contribution in [1.82, 2.24) is 15.5 Å². The van der Waals surface area contributed by atoms with Gasteiger partial charge in [0, 0.05) is 47.3 Å². The monoisotopic (exact) mass is 508 g/mol. The van der Waals surface area contributed by atoms with Crippen LogP contribution < -0.4 is 10.6 Å². The molecule has 1 heterocycles. The van der Waals surface area contributed by atoms with Crippen molar-refractivity contribution >= 4 is 17.7 Å². The van der Waals surface area contributed by atoms with Crippen molar-refractivity contribution in [3.63, 3.8) is 0 Å². The quantitative estimate of drug-likeness (QED) is 0.425. The molecule has 2 rings (SSSR count). The van der Waals surface area contributed by atoms with Crippen LogP contribution in [0, 0.1) is 6.08 Å². The van der Waals surface area contributed by atoms with Crippen molar-refractivity contribution in [1.29, 1.82) is 0 Å². The molecule has 1 saturated heterocycles. The smallest absolute Gasteiger partial charge is 0.248 e. The molecule has 9 heteroatoms. The molecule has 2 aliphatic rings. The van der Waals surface area contributed by atoms with Crippen molar-refractivity contribution in [2.75, 3.05) is 14.1 Å². The van der Waals surface area contributed by atoms with Crippen LogP contribution in [0.3, 0.4) is 0 Å². The van der Waals surface area contributed by atoms with Crippen LogP contribution in [-0.2, 0) is 35.4 Å². The molecule has 2 N–H and O–H groups in total. The van der Waals surface area contributed by atoms with Crippen LogP contribution in [0.15, 0.2) is 29.2 Å². The van der Waals surface area contributed by atoms with Crippen LogP contribution in [0.5, 0.6) is 0 Å². The van der Waals surface area contributed by atoms with Crippen molar-refractivity contribution in [2.45, 2.75) is 25.1 Å². The second kappa shape index (κ2) is 8.33. The van der Waals surface area contributed by atoms with Gasteiger partial charge in [-0.2, -0.15) is 6.08 Å². The van der Waals surface area contributed by atoms with Crippen molar-refractivity contribution in [3.05, 3.63) is 35.3 Å². The summed E-state index contributed by atoms with van der Waals surface area (Å²) in [5.74, 6) is -3.02. The predicted octanol–water partition coefficient (Wildman–Crippen LogP) is 0.285. The molecule has 1 aliphatic heterocycles. The minimum Gasteiger partial charge on any atom is -0.394 e. The number of imide groups is 1. The van der Waals surface area contributed by atoms with Crippen molar-refractivity contribution < 1.29 is 44.2 Å². The summed E-state index contributed by atoms with van der Waals surface area (Å²) < 4.78 is 27.7. The van der Waals surface area contributed by atoms with Crippen molar-refractivity contribution in [3.8, 4) is 0 Å². The summed E-state index contributed by atoms with van der Waals surface area (Å²) in [7, 11) is 3.10. The molecule has 0 aromatic rings. The summed E-state index contributed by atoms with van der Waals surface area (Å²) in [6.45, 7) is 0. The van der Waals surface area contributed by atoms with E-state index < -0.39 is 35.8 Å². The number of carbonyl (C=O) groups is 3. The number of carbonyl (C=O) groups excluding carboxylic acids is 3. The Bertz CT molecular complexity index is 644. The van der Waals surface area contributed by atoms with E-state index in [0.29, 0.717) is 0 Å². The summed E-state index contributed by atoms with van der Waals surface area (Å²) >= 11 is 0. The Morgan fingerprint density at radius 3 is 2.62 bits per heavy atom. The maximum atomic E-state index is 13.9. The van der Waals surface area contributed by atoms with Gasteiger partial charge in [0.05, 0.1) is 11.9 Å². The van der Waals surface area contributed by atoms with E-state index in [9.17, 15) is 23.2 Å². The molecular formula is C15H16F2N3O3W-. The molecule has 130 valence electrons. The molecule has 0 radical (unpaired) electrons. The Morgan fingerprint density at radius 2 is 2.04 bits per heavy atom. The van der Waals surface area contributed by atoms with Crippen LogP contribution in [0.25, 0.3) is 0 Å². The zero-order valence-corrected chi connectivity index (χ0v) is 16.0. The number of hydrogen-bond donors (Lipinski definition) is 2. The van der Waals surface area contributed by atoms with Gasteiger partial charge in [-0.25, -0.2) is 8.78 Å². The number of nitrogens with one attached hydrogen (secondary N) is 2. The number of amides is 3. The summed E-state index contributed by atoms with van der Waals surface area (Å²) in [5.41, 5.74) is -0.189. The standard InChI is InChI=1S/C15H16F2N3O3.W/c1-20(2)11-5-3-8(7-9(16)13(11)17)14(22)18-10-4-6-12(21)19-15(10)23;/h3,5,10,13H,4,6H2,1-2H3,(H,18,22)(H,19,21,23);/q-1;. The Labute approximate surface area is 152 Å². The van der Waals surface area contributed by atoms with Gasteiger partial charge in [0.15, 0.2) is 6.17 Å². The largest absolute Gasteiger partial charge is 0.394 e. The fourth-order valence-electron chi connectivity index (χ4n) is 2.19. The van der Waals surface area contributed by atoms with E-state index in [-0.39, 0.29) is 45.2 Å². The van der Waals surface area contributed by atoms with Gasteiger partial charge >= 0.3 is 0 Å². The Morgan fingerprint density at radius 1 is 1.38 bits per heavy atom. The number of halogens is 2. The summed E-state index contributed by atoms with van der Waals surface area (Å²) in [5, 5.41) is 4.48. The van der Waals surface area contributed by atoms with Gasteiger partial charge in [0.2, 0.25) is 11.8 Å². The molecule has 2 atom stereocenters. The fraction of sp³-hybridized carbons (Fsp3) is 0.400. The van der Waals surface area contributed by atoms with Gasteiger partial charge in [-0.15, -0.1) is 11.6 Å². The van der Waals surface area contributed by atoms with Crippen molar-refractivity contribution in [2.24, 2.45) is 0 Å². The molecule has 6 nitrogen and oxygen atoms in total.